The van der Waals surface area contributed by atoms with Gasteiger partial charge in [-0.2, -0.15) is 0 Å². The summed E-state index contributed by atoms with van der Waals surface area (Å²) in [6.07, 6.45) is 5.91. The second kappa shape index (κ2) is 6.86. The third kappa shape index (κ3) is 3.53. The third-order valence-corrected chi connectivity index (χ3v) is 4.13. The van der Waals surface area contributed by atoms with E-state index in [0.29, 0.717) is 6.04 Å². The van der Waals surface area contributed by atoms with Gasteiger partial charge in [-0.3, -0.25) is 4.98 Å². The largest absolute Gasteiger partial charge is 0.312 e. The maximum Gasteiger partial charge on any atom is 0.0328 e. The Balaban J connectivity index is 2.88. The van der Waals surface area contributed by atoms with Crippen LogP contribution in [0.5, 0.6) is 0 Å². The summed E-state index contributed by atoms with van der Waals surface area (Å²) >= 11 is 0. The second-order valence-electron chi connectivity index (χ2n) is 5.28. The summed E-state index contributed by atoms with van der Waals surface area (Å²) in [6.45, 7) is 7.77. The van der Waals surface area contributed by atoms with Crippen LogP contribution in [0.15, 0.2) is 24.5 Å². The molecular formula is C15H27N3. The van der Waals surface area contributed by atoms with Gasteiger partial charge in [0.1, 0.15) is 0 Å². The van der Waals surface area contributed by atoms with E-state index in [-0.39, 0.29) is 5.54 Å². The minimum atomic E-state index is 0.166. The molecule has 3 nitrogen and oxygen atoms in total. The van der Waals surface area contributed by atoms with Crippen LogP contribution in [0.25, 0.3) is 0 Å². The molecule has 0 saturated heterocycles. The van der Waals surface area contributed by atoms with Crippen LogP contribution in [0.1, 0.15) is 32.8 Å². The molecule has 2 atom stereocenters. The number of likely N-dealkylation sites (N-methyl/N-ethyl adjacent to an activating group) is 2. The van der Waals surface area contributed by atoms with Crippen molar-refractivity contribution < 1.29 is 0 Å². The Kier molecular flexibility index (Phi) is 5.76. The van der Waals surface area contributed by atoms with Crippen molar-refractivity contribution >= 4 is 0 Å². The maximum absolute atomic E-state index is 4.09. The Labute approximate surface area is 112 Å². The first-order valence-corrected chi connectivity index (χ1v) is 6.84. The van der Waals surface area contributed by atoms with Crippen LogP contribution >= 0.6 is 0 Å². The number of rotatable bonds is 7. The van der Waals surface area contributed by atoms with Crippen LogP contribution in [-0.2, 0) is 6.42 Å². The summed E-state index contributed by atoms with van der Waals surface area (Å²) in [5, 5.41) is 3.64. The Hall–Kier alpha value is -0.930. The second-order valence-corrected chi connectivity index (χ2v) is 5.28. The highest BCUT2D eigenvalue weighted by Gasteiger charge is 2.34. The summed E-state index contributed by atoms with van der Waals surface area (Å²) in [6, 6.07) is 4.66. The van der Waals surface area contributed by atoms with Crippen LogP contribution in [0.3, 0.4) is 0 Å². The van der Waals surface area contributed by atoms with E-state index < -0.39 is 0 Å². The average molecular weight is 249 g/mol. The van der Waals surface area contributed by atoms with Gasteiger partial charge in [0.2, 0.25) is 0 Å². The number of pyridine rings is 1. The Morgan fingerprint density at radius 2 is 1.89 bits per heavy atom. The van der Waals surface area contributed by atoms with Gasteiger partial charge < -0.3 is 10.2 Å². The first kappa shape index (κ1) is 15.1. The van der Waals surface area contributed by atoms with E-state index in [1.54, 1.807) is 0 Å². The molecule has 18 heavy (non-hydrogen) atoms. The van der Waals surface area contributed by atoms with Gasteiger partial charge in [0.05, 0.1) is 0 Å². The molecule has 0 radical (unpaired) electrons. The van der Waals surface area contributed by atoms with Crippen molar-refractivity contribution in [1.29, 1.82) is 0 Å². The molecule has 0 aliphatic rings. The number of hydrogen-bond donors (Lipinski definition) is 1. The van der Waals surface area contributed by atoms with Crippen LogP contribution in [-0.4, -0.2) is 42.1 Å². The minimum absolute atomic E-state index is 0.166. The van der Waals surface area contributed by atoms with Crippen molar-refractivity contribution in [3.8, 4) is 0 Å². The molecule has 1 aromatic rings. The number of hydrogen-bond acceptors (Lipinski definition) is 3. The Morgan fingerprint density at radius 3 is 2.33 bits per heavy atom. The van der Waals surface area contributed by atoms with Crippen LogP contribution in [0.2, 0.25) is 0 Å². The molecule has 1 N–H and O–H groups in total. The van der Waals surface area contributed by atoms with Crippen molar-refractivity contribution in [3.05, 3.63) is 30.1 Å². The molecule has 3 heteroatoms. The molecule has 0 amide bonds. The Morgan fingerprint density at radius 1 is 1.28 bits per heavy atom. The zero-order chi connectivity index (χ0) is 13.6. The first-order chi connectivity index (χ1) is 8.54. The predicted molar refractivity (Wildman–Crippen MR) is 77.8 cm³/mol. The molecule has 0 bridgehead atoms. The standard InChI is InChI=1S/C15H27N3/c1-6-15(3,18(4)5)14(17-7-2)12-13-8-10-16-11-9-13/h8-11,14,17H,6-7,12H2,1-5H3. The van der Waals surface area contributed by atoms with E-state index >= 15 is 0 Å². The minimum Gasteiger partial charge on any atom is -0.312 e. The van der Waals surface area contributed by atoms with Gasteiger partial charge in [-0.1, -0.05) is 13.8 Å². The van der Waals surface area contributed by atoms with Crippen molar-refractivity contribution in [1.82, 2.24) is 15.2 Å². The highest BCUT2D eigenvalue weighted by molar-refractivity contribution is 5.14. The highest BCUT2D eigenvalue weighted by atomic mass is 15.2. The molecule has 0 fully saturated rings. The first-order valence-electron chi connectivity index (χ1n) is 6.84. The topological polar surface area (TPSA) is 28.2 Å². The van der Waals surface area contributed by atoms with Crippen LogP contribution in [0.4, 0.5) is 0 Å². The van der Waals surface area contributed by atoms with Gasteiger partial charge in [-0.15, -0.1) is 0 Å². The maximum atomic E-state index is 4.09. The zero-order valence-electron chi connectivity index (χ0n) is 12.4. The van der Waals surface area contributed by atoms with E-state index in [1.807, 2.05) is 12.4 Å². The average Bonchev–Trinajstić information content (AvgIpc) is 2.38. The summed E-state index contributed by atoms with van der Waals surface area (Å²) < 4.78 is 0. The van der Waals surface area contributed by atoms with Gasteiger partial charge in [-0.25, -0.2) is 0 Å². The lowest BCUT2D eigenvalue weighted by molar-refractivity contribution is 0.113. The fourth-order valence-electron chi connectivity index (χ4n) is 2.39. The SMILES string of the molecule is CCNC(Cc1ccncc1)C(C)(CC)N(C)C. The molecule has 0 saturated carbocycles. The van der Waals surface area contributed by atoms with Gasteiger partial charge in [-0.05, 0) is 58.1 Å². The molecule has 1 aromatic heterocycles. The zero-order valence-corrected chi connectivity index (χ0v) is 12.4. The van der Waals surface area contributed by atoms with Crippen molar-refractivity contribution in [3.63, 3.8) is 0 Å². The summed E-state index contributed by atoms with van der Waals surface area (Å²) in [5.74, 6) is 0. The smallest absolute Gasteiger partial charge is 0.0328 e. The van der Waals surface area contributed by atoms with Gasteiger partial charge in [0.25, 0.3) is 0 Å². The lowest BCUT2D eigenvalue weighted by Gasteiger charge is -2.43. The molecule has 1 heterocycles. The van der Waals surface area contributed by atoms with Gasteiger partial charge in [0, 0.05) is 24.0 Å². The normalized spacial score (nSPS) is 16.6. The molecule has 2 unspecified atom stereocenters. The lowest BCUT2D eigenvalue weighted by atomic mass is 9.84. The molecule has 1 rings (SSSR count). The van der Waals surface area contributed by atoms with Gasteiger partial charge in [0.15, 0.2) is 0 Å². The fraction of sp³-hybridized carbons (Fsp3) is 0.667. The monoisotopic (exact) mass is 249 g/mol. The van der Waals surface area contributed by atoms with E-state index in [2.05, 4.69) is 62.2 Å². The van der Waals surface area contributed by atoms with Crippen molar-refractivity contribution in [2.45, 2.75) is 45.2 Å². The van der Waals surface area contributed by atoms with E-state index in [4.69, 9.17) is 0 Å². The molecule has 0 aromatic carbocycles. The number of nitrogens with zero attached hydrogens (tertiary/aromatic N) is 2. The van der Waals surface area contributed by atoms with E-state index in [1.165, 1.54) is 5.56 Å². The molecule has 102 valence electrons. The summed E-state index contributed by atoms with van der Waals surface area (Å²) in [5.41, 5.74) is 1.51. The Bertz CT molecular complexity index is 337. The summed E-state index contributed by atoms with van der Waals surface area (Å²) in [4.78, 5) is 6.42. The van der Waals surface area contributed by atoms with E-state index in [0.717, 1.165) is 19.4 Å². The molecule has 0 aliphatic heterocycles. The molecular weight excluding hydrogens is 222 g/mol. The predicted octanol–water partition coefficient (Wildman–Crippen LogP) is 2.33. The molecule has 0 aliphatic carbocycles. The number of aromatic nitrogens is 1. The van der Waals surface area contributed by atoms with E-state index in [9.17, 15) is 0 Å². The fourth-order valence-corrected chi connectivity index (χ4v) is 2.39. The molecule has 0 spiro atoms. The highest BCUT2D eigenvalue weighted by Crippen LogP contribution is 2.23. The third-order valence-electron chi connectivity index (χ3n) is 4.13. The lowest BCUT2D eigenvalue weighted by Crippen LogP contribution is -2.57. The van der Waals surface area contributed by atoms with Crippen molar-refractivity contribution in [2.24, 2.45) is 0 Å². The van der Waals surface area contributed by atoms with Crippen molar-refractivity contribution in [2.75, 3.05) is 20.6 Å². The number of nitrogens with one attached hydrogen (secondary N) is 1. The van der Waals surface area contributed by atoms with Crippen LogP contribution < -0.4 is 5.32 Å². The van der Waals surface area contributed by atoms with Gasteiger partial charge >= 0.3 is 0 Å². The summed E-state index contributed by atoms with van der Waals surface area (Å²) in [7, 11) is 4.33. The quantitative estimate of drug-likeness (QED) is 0.804. The van der Waals surface area contributed by atoms with Crippen LogP contribution in [0, 0.1) is 0 Å².